The highest BCUT2D eigenvalue weighted by molar-refractivity contribution is 5.38. The number of aryl methyl sites for hydroxylation is 1. The molecule has 0 fully saturated rings. The van der Waals surface area contributed by atoms with Gasteiger partial charge in [0.25, 0.3) is 0 Å². The molecule has 0 heterocycles. The number of ether oxygens (including phenoxy) is 1. The van der Waals surface area contributed by atoms with Crippen LogP contribution in [0.25, 0.3) is 0 Å². The van der Waals surface area contributed by atoms with Crippen molar-refractivity contribution in [3.63, 3.8) is 0 Å². The summed E-state index contributed by atoms with van der Waals surface area (Å²) >= 11 is 0. The quantitative estimate of drug-likeness (QED) is 0.824. The summed E-state index contributed by atoms with van der Waals surface area (Å²) in [6, 6.07) is 5.87. The number of rotatable bonds is 4. The van der Waals surface area contributed by atoms with Crippen LogP contribution >= 0.6 is 0 Å². The number of aliphatic hydroxyl groups is 1. The maximum atomic E-state index is 10.3. The van der Waals surface area contributed by atoms with Crippen molar-refractivity contribution in [2.24, 2.45) is 0 Å². The van der Waals surface area contributed by atoms with E-state index in [0.29, 0.717) is 0 Å². The Morgan fingerprint density at radius 1 is 1.27 bits per heavy atom. The molecule has 1 aromatic rings. The van der Waals surface area contributed by atoms with Crippen LogP contribution < -0.4 is 4.74 Å². The van der Waals surface area contributed by atoms with E-state index in [0.717, 1.165) is 29.7 Å². The van der Waals surface area contributed by atoms with Gasteiger partial charge in [0.05, 0.1) is 12.7 Å². The molecule has 84 valence electrons. The fraction of sp³-hybridized carbons (Fsp3) is 0.538. The second-order valence-corrected chi connectivity index (χ2v) is 3.92. The zero-order valence-electron chi connectivity index (χ0n) is 10.0. The third-order valence-corrected chi connectivity index (χ3v) is 3.10. The van der Waals surface area contributed by atoms with Gasteiger partial charge in [-0.2, -0.15) is 0 Å². The Hall–Kier alpha value is -1.02. The molecule has 0 aliphatic rings. The van der Waals surface area contributed by atoms with E-state index in [2.05, 4.69) is 0 Å². The summed E-state index contributed by atoms with van der Waals surface area (Å²) < 4.78 is 5.20. The fourth-order valence-corrected chi connectivity index (χ4v) is 1.83. The van der Waals surface area contributed by atoms with Gasteiger partial charge < -0.3 is 9.84 Å². The van der Waals surface area contributed by atoms with Gasteiger partial charge in [-0.1, -0.05) is 19.9 Å². The third-order valence-electron chi connectivity index (χ3n) is 3.10. The van der Waals surface area contributed by atoms with Gasteiger partial charge >= 0.3 is 0 Å². The average Bonchev–Trinajstić information content (AvgIpc) is 2.28. The van der Waals surface area contributed by atoms with Gasteiger partial charge in [0.15, 0.2) is 0 Å². The molecule has 0 spiro atoms. The predicted octanol–water partition coefficient (Wildman–Crippen LogP) is 3.01. The molecular weight excluding hydrogens is 188 g/mol. The molecule has 1 N–H and O–H groups in total. The molecule has 2 heteroatoms. The SMILES string of the molecule is CCC(O)(CC)c1ccc(OC)c(C)c1. The van der Waals surface area contributed by atoms with Crippen LogP contribution in [0.15, 0.2) is 18.2 Å². The van der Waals surface area contributed by atoms with Crippen molar-refractivity contribution in [1.82, 2.24) is 0 Å². The standard InChI is InChI=1S/C13H20O2/c1-5-13(14,6-2)11-7-8-12(15-4)10(3)9-11/h7-9,14H,5-6H2,1-4H3. The first-order valence-corrected chi connectivity index (χ1v) is 5.45. The first-order chi connectivity index (χ1) is 7.07. The topological polar surface area (TPSA) is 29.5 Å². The monoisotopic (exact) mass is 208 g/mol. The molecule has 0 saturated carbocycles. The lowest BCUT2D eigenvalue weighted by molar-refractivity contribution is 0.0283. The van der Waals surface area contributed by atoms with E-state index in [1.165, 1.54) is 0 Å². The number of benzene rings is 1. The smallest absolute Gasteiger partial charge is 0.121 e. The van der Waals surface area contributed by atoms with Crippen LogP contribution in [-0.4, -0.2) is 12.2 Å². The highest BCUT2D eigenvalue weighted by Crippen LogP contribution is 2.31. The van der Waals surface area contributed by atoms with Gasteiger partial charge in [-0.3, -0.25) is 0 Å². The van der Waals surface area contributed by atoms with Crippen molar-refractivity contribution in [3.8, 4) is 5.75 Å². The van der Waals surface area contributed by atoms with Crippen molar-refractivity contribution in [3.05, 3.63) is 29.3 Å². The Morgan fingerprint density at radius 3 is 2.27 bits per heavy atom. The molecule has 0 aromatic heterocycles. The van der Waals surface area contributed by atoms with E-state index >= 15 is 0 Å². The van der Waals surface area contributed by atoms with E-state index < -0.39 is 5.60 Å². The number of hydrogen-bond acceptors (Lipinski definition) is 2. The van der Waals surface area contributed by atoms with Gasteiger partial charge in [0.2, 0.25) is 0 Å². The normalized spacial score (nSPS) is 11.5. The zero-order chi connectivity index (χ0) is 11.5. The molecule has 2 nitrogen and oxygen atoms in total. The van der Waals surface area contributed by atoms with Gasteiger partial charge in [0, 0.05) is 0 Å². The van der Waals surface area contributed by atoms with Crippen molar-refractivity contribution in [1.29, 1.82) is 0 Å². The second kappa shape index (κ2) is 4.67. The lowest BCUT2D eigenvalue weighted by atomic mass is 9.88. The molecule has 0 amide bonds. The van der Waals surface area contributed by atoms with E-state index in [-0.39, 0.29) is 0 Å². The molecule has 0 saturated heterocycles. The first kappa shape index (κ1) is 12.1. The van der Waals surface area contributed by atoms with Gasteiger partial charge in [-0.05, 0) is 43.0 Å². The summed E-state index contributed by atoms with van der Waals surface area (Å²) in [5.41, 5.74) is 1.35. The number of methoxy groups -OCH3 is 1. The first-order valence-electron chi connectivity index (χ1n) is 5.45. The lowest BCUT2D eigenvalue weighted by Crippen LogP contribution is -2.23. The summed E-state index contributed by atoms with van der Waals surface area (Å²) in [4.78, 5) is 0. The molecule has 0 aliphatic heterocycles. The molecular formula is C13H20O2. The summed E-state index contributed by atoms with van der Waals surface area (Å²) in [5.74, 6) is 0.869. The van der Waals surface area contributed by atoms with E-state index in [1.54, 1.807) is 7.11 Å². The average molecular weight is 208 g/mol. The van der Waals surface area contributed by atoms with E-state index in [4.69, 9.17) is 4.74 Å². The van der Waals surface area contributed by atoms with Crippen LogP contribution in [0.3, 0.4) is 0 Å². The minimum atomic E-state index is -0.697. The molecule has 0 aliphatic carbocycles. The lowest BCUT2D eigenvalue weighted by Gasteiger charge is -2.26. The van der Waals surface area contributed by atoms with Crippen LogP contribution in [0.5, 0.6) is 5.75 Å². The minimum absolute atomic E-state index is 0.697. The fourth-order valence-electron chi connectivity index (χ4n) is 1.83. The van der Waals surface area contributed by atoms with Crippen molar-refractivity contribution >= 4 is 0 Å². The summed E-state index contributed by atoms with van der Waals surface area (Å²) in [6.07, 6.45) is 1.46. The number of hydrogen-bond donors (Lipinski definition) is 1. The van der Waals surface area contributed by atoms with Crippen molar-refractivity contribution < 1.29 is 9.84 Å². The molecule has 1 aromatic carbocycles. The summed E-state index contributed by atoms with van der Waals surface area (Å²) in [5, 5.41) is 10.3. The predicted molar refractivity (Wildman–Crippen MR) is 62.2 cm³/mol. The second-order valence-electron chi connectivity index (χ2n) is 3.92. The highest BCUT2D eigenvalue weighted by atomic mass is 16.5. The summed E-state index contributed by atoms with van der Waals surface area (Å²) in [6.45, 7) is 6.00. The third kappa shape index (κ3) is 2.32. The molecule has 0 unspecified atom stereocenters. The van der Waals surface area contributed by atoms with Crippen LogP contribution in [0.1, 0.15) is 37.8 Å². The molecule has 0 radical (unpaired) electrons. The Labute approximate surface area is 91.9 Å². The van der Waals surface area contributed by atoms with Crippen LogP contribution in [0.4, 0.5) is 0 Å². The van der Waals surface area contributed by atoms with Gasteiger partial charge in [-0.15, -0.1) is 0 Å². The van der Waals surface area contributed by atoms with Crippen molar-refractivity contribution in [2.75, 3.05) is 7.11 Å². The Morgan fingerprint density at radius 2 is 1.87 bits per heavy atom. The van der Waals surface area contributed by atoms with Crippen LogP contribution in [-0.2, 0) is 5.60 Å². The van der Waals surface area contributed by atoms with Crippen LogP contribution in [0.2, 0.25) is 0 Å². The van der Waals surface area contributed by atoms with Gasteiger partial charge in [-0.25, -0.2) is 0 Å². The zero-order valence-corrected chi connectivity index (χ0v) is 10.0. The van der Waals surface area contributed by atoms with Crippen molar-refractivity contribution in [2.45, 2.75) is 39.2 Å². The van der Waals surface area contributed by atoms with Gasteiger partial charge in [0.1, 0.15) is 5.75 Å². The molecule has 1 rings (SSSR count). The molecule has 0 bridgehead atoms. The van der Waals surface area contributed by atoms with Crippen LogP contribution in [0, 0.1) is 6.92 Å². The van der Waals surface area contributed by atoms with E-state index in [9.17, 15) is 5.11 Å². The maximum Gasteiger partial charge on any atom is 0.121 e. The largest absolute Gasteiger partial charge is 0.496 e. The van der Waals surface area contributed by atoms with E-state index in [1.807, 2.05) is 39.0 Å². The summed E-state index contributed by atoms with van der Waals surface area (Å²) in [7, 11) is 1.66. The maximum absolute atomic E-state index is 10.3. The highest BCUT2D eigenvalue weighted by Gasteiger charge is 2.24. The Balaban J connectivity index is 3.11. The Kier molecular flexibility index (Phi) is 3.75. The minimum Gasteiger partial charge on any atom is -0.496 e. The Bertz CT molecular complexity index is 327. The molecule has 15 heavy (non-hydrogen) atoms. The molecule has 0 atom stereocenters.